The topological polar surface area (TPSA) is 79.7 Å². The van der Waals surface area contributed by atoms with Gasteiger partial charge in [0.05, 0.1) is 6.61 Å². The zero-order valence-electron chi connectivity index (χ0n) is 24.2. The number of rotatable bonds is 8. The minimum atomic E-state index is -0.210. The number of ether oxygens (including phenoxy) is 1. The van der Waals surface area contributed by atoms with E-state index in [9.17, 15) is 9.59 Å². The zero-order valence-corrected chi connectivity index (χ0v) is 24.2. The number of nitrogens with one attached hydrogen (secondary N) is 1. The molecular formula is C32H39N5O3. The monoisotopic (exact) mass is 541 g/mol. The second kappa shape index (κ2) is 11.8. The number of amides is 1. The molecule has 1 aromatic carbocycles. The molecule has 2 aromatic heterocycles. The summed E-state index contributed by atoms with van der Waals surface area (Å²) in [6, 6.07) is 10.5. The molecule has 8 nitrogen and oxygen atoms in total. The molecule has 2 aliphatic rings. The first-order chi connectivity index (χ1) is 19.2. The average molecular weight is 542 g/mol. The SMILES string of the molecule is COCC1=C(CNC(=O)c2cc(-c3ccc(N4CCN(C)CC4)nc3)cc3c2ccn3C(C)C)C(=O)CC(C)=C1. The van der Waals surface area contributed by atoms with Gasteiger partial charge < -0.3 is 24.4 Å². The number of aromatic nitrogens is 2. The number of carbonyl (C=O) groups is 2. The number of nitrogens with zero attached hydrogens (tertiary/aromatic N) is 4. The Morgan fingerprint density at radius 2 is 1.88 bits per heavy atom. The van der Waals surface area contributed by atoms with Gasteiger partial charge in [0.25, 0.3) is 5.91 Å². The van der Waals surface area contributed by atoms with Gasteiger partial charge >= 0.3 is 0 Å². The summed E-state index contributed by atoms with van der Waals surface area (Å²) in [4.78, 5) is 35.9. The quantitative estimate of drug-likeness (QED) is 0.448. The third-order valence-corrected chi connectivity index (χ3v) is 7.86. The van der Waals surface area contributed by atoms with Gasteiger partial charge in [0, 0.05) is 92.3 Å². The lowest BCUT2D eigenvalue weighted by Crippen LogP contribution is -2.44. The van der Waals surface area contributed by atoms with Crippen LogP contribution >= 0.6 is 0 Å². The fraction of sp³-hybridized carbons (Fsp3) is 0.406. The van der Waals surface area contributed by atoms with E-state index >= 15 is 0 Å². The van der Waals surface area contributed by atoms with Crippen LogP contribution in [-0.4, -0.2) is 79.6 Å². The van der Waals surface area contributed by atoms with Crippen LogP contribution in [0.15, 0.2) is 65.5 Å². The molecule has 40 heavy (non-hydrogen) atoms. The van der Waals surface area contributed by atoms with E-state index in [1.165, 1.54) is 0 Å². The highest BCUT2D eigenvalue weighted by molar-refractivity contribution is 6.09. The summed E-state index contributed by atoms with van der Waals surface area (Å²) in [5, 5.41) is 3.91. The van der Waals surface area contributed by atoms with Crippen LogP contribution in [-0.2, 0) is 9.53 Å². The van der Waals surface area contributed by atoms with Crippen molar-refractivity contribution in [3.05, 3.63) is 71.1 Å². The fourth-order valence-corrected chi connectivity index (χ4v) is 5.58. The number of hydrogen-bond acceptors (Lipinski definition) is 6. The fourth-order valence-electron chi connectivity index (χ4n) is 5.58. The predicted octanol–water partition coefficient (Wildman–Crippen LogP) is 4.63. The first kappa shape index (κ1) is 27.8. The molecule has 0 bridgehead atoms. The number of piperazine rings is 1. The number of allylic oxidation sites excluding steroid dienone is 1. The van der Waals surface area contributed by atoms with Gasteiger partial charge in [-0.3, -0.25) is 9.59 Å². The van der Waals surface area contributed by atoms with E-state index in [1.54, 1.807) is 7.11 Å². The highest BCUT2D eigenvalue weighted by Gasteiger charge is 2.22. The summed E-state index contributed by atoms with van der Waals surface area (Å²) in [7, 11) is 3.75. The van der Waals surface area contributed by atoms with Crippen molar-refractivity contribution in [2.75, 3.05) is 58.4 Å². The van der Waals surface area contributed by atoms with Gasteiger partial charge in [-0.15, -0.1) is 0 Å². The van der Waals surface area contributed by atoms with Gasteiger partial charge in [-0.05, 0) is 69.3 Å². The molecule has 0 atom stereocenters. The van der Waals surface area contributed by atoms with Crippen molar-refractivity contribution >= 4 is 28.4 Å². The summed E-state index contributed by atoms with van der Waals surface area (Å²) in [5.74, 6) is 0.797. The Kier molecular flexibility index (Phi) is 8.19. The Morgan fingerprint density at radius 3 is 2.55 bits per heavy atom. The molecule has 3 aromatic rings. The normalized spacial score (nSPS) is 16.7. The Balaban J connectivity index is 1.46. The first-order valence-electron chi connectivity index (χ1n) is 14.0. The molecule has 0 saturated carbocycles. The maximum atomic E-state index is 13.7. The maximum Gasteiger partial charge on any atom is 0.252 e. The van der Waals surface area contributed by atoms with Crippen molar-refractivity contribution in [1.29, 1.82) is 0 Å². The van der Waals surface area contributed by atoms with Gasteiger partial charge in [-0.25, -0.2) is 4.98 Å². The van der Waals surface area contributed by atoms with Crippen molar-refractivity contribution in [3.63, 3.8) is 0 Å². The van der Waals surface area contributed by atoms with E-state index in [1.807, 2.05) is 37.5 Å². The van der Waals surface area contributed by atoms with Crippen LogP contribution < -0.4 is 10.2 Å². The van der Waals surface area contributed by atoms with Crippen LogP contribution in [0, 0.1) is 0 Å². The smallest absolute Gasteiger partial charge is 0.252 e. The average Bonchev–Trinajstić information content (AvgIpc) is 3.37. The molecule has 1 fully saturated rings. The largest absolute Gasteiger partial charge is 0.380 e. The summed E-state index contributed by atoms with van der Waals surface area (Å²) < 4.78 is 7.50. The number of carbonyl (C=O) groups excluding carboxylic acids is 2. The molecule has 0 spiro atoms. The third-order valence-electron chi connectivity index (χ3n) is 7.86. The van der Waals surface area contributed by atoms with Gasteiger partial charge in [0.1, 0.15) is 5.82 Å². The lowest BCUT2D eigenvalue weighted by molar-refractivity contribution is -0.115. The van der Waals surface area contributed by atoms with Crippen molar-refractivity contribution in [3.8, 4) is 11.1 Å². The highest BCUT2D eigenvalue weighted by Crippen LogP contribution is 2.31. The van der Waals surface area contributed by atoms with Crippen LogP contribution in [0.3, 0.4) is 0 Å². The van der Waals surface area contributed by atoms with Gasteiger partial charge in [0.15, 0.2) is 5.78 Å². The molecule has 5 rings (SSSR count). The van der Waals surface area contributed by atoms with Crippen molar-refractivity contribution in [1.82, 2.24) is 19.8 Å². The van der Waals surface area contributed by atoms with Crippen molar-refractivity contribution < 1.29 is 14.3 Å². The van der Waals surface area contributed by atoms with E-state index < -0.39 is 0 Å². The van der Waals surface area contributed by atoms with E-state index in [2.05, 4.69) is 58.8 Å². The summed E-state index contributed by atoms with van der Waals surface area (Å²) in [5.41, 5.74) is 5.90. The summed E-state index contributed by atoms with van der Waals surface area (Å²) >= 11 is 0. The molecule has 210 valence electrons. The Hall–Kier alpha value is -3.75. The van der Waals surface area contributed by atoms with Crippen molar-refractivity contribution in [2.45, 2.75) is 33.2 Å². The van der Waals surface area contributed by atoms with Crippen LogP contribution in [0.25, 0.3) is 22.0 Å². The number of pyridine rings is 1. The molecule has 1 amide bonds. The van der Waals surface area contributed by atoms with Gasteiger partial charge in [0.2, 0.25) is 0 Å². The molecule has 8 heteroatoms. The van der Waals surface area contributed by atoms with Crippen molar-refractivity contribution in [2.24, 2.45) is 0 Å². The van der Waals surface area contributed by atoms with Gasteiger partial charge in [-0.2, -0.15) is 0 Å². The number of methoxy groups -OCH3 is 1. The lowest BCUT2D eigenvalue weighted by atomic mass is 9.92. The molecule has 3 heterocycles. The number of benzene rings is 1. The summed E-state index contributed by atoms with van der Waals surface area (Å²) in [6.45, 7) is 10.7. The minimum Gasteiger partial charge on any atom is -0.380 e. The number of hydrogen-bond donors (Lipinski definition) is 1. The van der Waals surface area contributed by atoms with Crippen LogP contribution in [0.2, 0.25) is 0 Å². The minimum absolute atomic E-state index is 0.0312. The first-order valence-corrected chi connectivity index (χ1v) is 14.0. The molecule has 0 unspecified atom stereocenters. The van der Waals surface area contributed by atoms with Gasteiger partial charge in [-0.1, -0.05) is 11.6 Å². The van der Waals surface area contributed by atoms with E-state index in [-0.39, 0.29) is 24.3 Å². The number of fused-ring (bicyclic) bond motifs is 1. The number of Topliss-reactive ketones (excluding diaryl/α,β-unsaturated/α-hetero) is 1. The second-order valence-corrected chi connectivity index (χ2v) is 11.2. The zero-order chi connectivity index (χ0) is 28.4. The number of likely N-dealkylation sites (N-methyl/N-ethyl adjacent to an activating group) is 1. The molecule has 1 aliphatic carbocycles. The highest BCUT2D eigenvalue weighted by atomic mass is 16.5. The van der Waals surface area contributed by atoms with E-state index in [4.69, 9.17) is 9.72 Å². The van der Waals surface area contributed by atoms with E-state index in [0.717, 1.165) is 65.2 Å². The second-order valence-electron chi connectivity index (χ2n) is 11.2. The van der Waals surface area contributed by atoms with Crippen LogP contribution in [0.4, 0.5) is 5.82 Å². The maximum absolute atomic E-state index is 13.7. The molecule has 0 radical (unpaired) electrons. The number of ketones is 1. The Morgan fingerprint density at radius 1 is 1.10 bits per heavy atom. The number of anilines is 1. The third kappa shape index (κ3) is 5.74. The van der Waals surface area contributed by atoms with Crippen LogP contribution in [0.1, 0.15) is 43.6 Å². The molecule has 1 N–H and O–H groups in total. The molecule has 1 saturated heterocycles. The standard InChI is InChI=1S/C32H39N5O3/c1-21(2)37-9-8-26-27(32(39)34-19-28-25(20-40-5)14-22(3)15-30(28)38)16-24(17-29(26)37)23-6-7-31(33-18-23)36-12-10-35(4)11-13-36/h6-9,14,16-18,21H,10-13,15,19-20H2,1-5H3,(H,34,39). The Bertz CT molecular complexity index is 1470. The van der Waals surface area contributed by atoms with E-state index in [0.29, 0.717) is 24.2 Å². The Labute approximate surface area is 236 Å². The van der Waals surface area contributed by atoms with Crippen LogP contribution in [0.5, 0.6) is 0 Å². The predicted molar refractivity (Wildman–Crippen MR) is 160 cm³/mol. The molecule has 1 aliphatic heterocycles. The molecular weight excluding hydrogens is 502 g/mol. The lowest BCUT2D eigenvalue weighted by Gasteiger charge is -2.33. The summed E-state index contributed by atoms with van der Waals surface area (Å²) in [6.07, 6.45) is 6.29.